The number of hydrogen-bond donors (Lipinski definition) is 1. The molecule has 1 amide bonds. The van der Waals surface area contributed by atoms with Crippen LogP contribution >= 0.6 is 23.4 Å². The van der Waals surface area contributed by atoms with Gasteiger partial charge in [0.1, 0.15) is 11.9 Å². The number of anilines is 1. The summed E-state index contributed by atoms with van der Waals surface area (Å²) in [6.45, 7) is 1.76. The van der Waals surface area contributed by atoms with Gasteiger partial charge in [-0.2, -0.15) is 5.26 Å². The van der Waals surface area contributed by atoms with Gasteiger partial charge in [-0.05, 0) is 49.4 Å². The van der Waals surface area contributed by atoms with E-state index in [0.29, 0.717) is 16.3 Å². The first-order chi connectivity index (χ1) is 10.5. The first kappa shape index (κ1) is 16.3. The summed E-state index contributed by atoms with van der Waals surface area (Å²) in [6.07, 6.45) is 0. The smallest absolute Gasteiger partial charge is 0.237 e. The van der Waals surface area contributed by atoms with Crippen LogP contribution in [0.25, 0.3) is 0 Å². The molecule has 22 heavy (non-hydrogen) atoms. The van der Waals surface area contributed by atoms with Gasteiger partial charge in [-0.25, -0.2) is 4.39 Å². The van der Waals surface area contributed by atoms with Crippen LogP contribution in [-0.2, 0) is 4.79 Å². The van der Waals surface area contributed by atoms with E-state index in [1.54, 1.807) is 31.2 Å². The first-order valence-electron chi connectivity index (χ1n) is 6.42. The van der Waals surface area contributed by atoms with Gasteiger partial charge in [-0.15, -0.1) is 11.8 Å². The van der Waals surface area contributed by atoms with E-state index in [4.69, 9.17) is 16.9 Å². The SMILES string of the molecule is CC(Sc1ccc(F)cc1)C(=O)Nc1ccc(C#N)c(Cl)c1. The van der Waals surface area contributed by atoms with Crippen molar-refractivity contribution in [1.29, 1.82) is 5.26 Å². The molecule has 2 aromatic carbocycles. The van der Waals surface area contributed by atoms with Gasteiger partial charge in [0, 0.05) is 10.6 Å². The van der Waals surface area contributed by atoms with Crippen LogP contribution in [0.1, 0.15) is 12.5 Å². The molecule has 1 atom stereocenters. The monoisotopic (exact) mass is 334 g/mol. The van der Waals surface area contributed by atoms with Gasteiger partial charge >= 0.3 is 0 Å². The minimum Gasteiger partial charge on any atom is -0.325 e. The van der Waals surface area contributed by atoms with Crippen LogP contribution in [0.15, 0.2) is 47.4 Å². The third-order valence-corrected chi connectivity index (χ3v) is 4.28. The second-order valence-corrected chi connectivity index (χ2v) is 6.33. The molecular formula is C16H12ClFN2OS. The highest BCUT2D eigenvalue weighted by molar-refractivity contribution is 8.00. The Kier molecular flexibility index (Phi) is 5.42. The number of benzene rings is 2. The number of carbonyl (C=O) groups excluding carboxylic acids is 1. The molecule has 0 heterocycles. The highest BCUT2D eigenvalue weighted by Gasteiger charge is 2.15. The van der Waals surface area contributed by atoms with Crippen LogP contribution < -0.4 is 5.32 Å². The molecule has 112 valence electrons. The molecular weight excluding hydrogens is 323 g/mol. The molecule has 0 aliphatic heterocycles. The van der Waals surface area contributed by atoms with E-state index in [-0.39, 0.29) is 17.0 Å². The maximum Gasteiger partial charge on any atom is 0.237 e. The summed E-state index contributed by atoms with van der Waals surface area (Å²) in [5, 5.41) is 11.5. The van der Waals surface area contributed by atoms with Crippen LogP contribution in [0.5, 0.6) is 0 Å². The van der Waals surface area contributed by atoms with Gasteiger partial charge in [0.25, 0.3) is 0 Å². The zero-order valence-electron chi connectivity index (χ0n) is 11.6. The first-order valence-corrected chi connectivity index (χ1v) is 7.68. The van der Waals surface area contributed by atoms with Crippen molar-refractivity contribution in [1.82, 2.24) is 0 Å². The van der Waals surface area contributed by atoms with Crippen LogP contribution in [0.2, 0.25) is 5.02 Å². The number of nitrogens with one attached hydrogen (secondary N) is 1. The van der Waals surface area contributed by atoms with Gasteiger partial charge in [0.15, 0.2) is 0 Å². The molecule has 0 aliphatic carbocycles. The van der Waals surface area contributed by atoms with Crippen molar-refractivity contribution in [2.75, 3.05) is 5.32 Å². The van der Waals surface area contributed by atoms with Crippen molar-refractivity contribution in [3.05, 3.63) is 58.9 Å². The molecule has 1 N–H and O–H groups in total. The fourth-order valence-corrected chi connectivity index (χ4v) is 2.79. The molecule has 0 bridgehead atoms. The molecule has 0 saturated heterocycles. The number of amides is 1. The average Bonchev–Trinajstić information content (AvgIpc) is 2.49. The number of nitrogens with zero attached hydrogens (tertiary/aromatic N) is 1. The van der Waals surface area contributed by atoms with Crippen LogP contribution in [0, 0.1) is 17.1 Å². The minimum atomic E-state index is -0.361. The van der Waals surface area contributed by atoms with Crippen molar-refractivity contribution < 1.29 is 9.18 Å². The molecule has 0 spiro atoms. The third-order valence-electron chi connectivity index (χ3n) is 2.85. The summed E-state index contributed by atoms with van der Waals surface area (Å²) in [5.41, 5.74) is 0.883. The molecule has 0 aliphatic rings. The summed E-state index contributed by atoms with van der Waals surface area (Å²) >= 11 is 7.25. The predicted octanol–water partition coefficient (Wildman–Crippen LogP) is 4.47. The Labute approximate surface area is 137 Å². The van der Waals surface area contributed by atoms with Crippen molar-refractivity contribution in [2.24, 2.45) is 0 Å². The number of nitriles is 1. The number of rotatable bonds is 4. The fourth-order valence-electron chi connectivity index (χ4n) is 1.70. The van der Waals surface area contributed by atoms with E-state index in [1.165, 1.54) is 30.0 Å². The Morgan fingerprint density at radius 2 is 2.00 bits per heavy atom. The van der Waals surface area contributed by atoms with E-state index in [0.717, 1.165) is 4.90 Å². The topological polar surface area (TPSA) is 52.9 Å². The van der Waals surface area contributed by atoms with Crippen molar-refractivity contribution >= 4 is 35.0 Å². The Morgan fingerprint density at radius 3 is 2.59 bits per heavy atom. The second-order valence-electron chi connectivity index (χ2n) is 4.51. The molecule has 2 aromatic rings. The number of carbonyl (C=O) groups is 1. The number of thioether (sulfide) groups is 1. The maximum atomic E-state index is 12.8. The largest absolute Gasteiger partial charge is 0.325 e. The highest BCUT2D eigenvalue weighted by Crippen LogP contribution is 2.25. The predicted molar refractivity (Wildman–Crippen MR) is 86.5 cm³/mol. The Balaban J connectivity index is 2.00. The van der Waals surface area contributed by atoms with E-state index in [1.807, 2.05) is 6.07 Å². The lowest BCUT2D eigenvalue weighted by atomic mass is 10.2. The molecule has 0 saturated carbocycles. The van der Waals surface area contributed by atoms with Crippen LogP contribution in [0.3, 0.4) is 0 Å². The summed E-state index contributed by atoms with van der Waals surface area (Å²) in [7, 11) is 0. The van der Waals surface area contributed by atoms with Crippen molar-refractivity contribution in [3.8, 4) is 6.07 Å². The minimum absolute atomic E-state index is 0.199. The highest BCUT2D eigenvalue weighted by atomic mass is 35.5. The van der Waals surface area contributed by atoms with Gasteiger partial charge in [-0.3, -0.25) is 4.79 Å². The van der Waals surface area contributed by atoms with Gasteiger partial charge < -0.3 is 5.32 Å². The van der Waals surface area contributed by atoms with E-state index < -0.39 is 0 Å². The molecule has 0 radical (unpaired) electrons. The lowest BCUT2D eigenvalue weighted by Crippen LogP contribution is -2.22. The van der Waals surface area contributed by atoms with Gasteiger partial charge in [0.05, 0.1) is 15.8 Å². The summed E-state index contributed by atoms with van der Waals surface area (Å²) in [6, 6.07) is 12.6. The van der Waals surface area contributed by atoms with Crippen molar-refractivity contribution in [3.63, 3.8) is 0 Å². The lowest BCUT2D eigenvalue weighted by Gasteiger charge is -2.12. The lowest BCUT2D eigenvalue weighted by molar-refractivity contribution is -0.115. The van der Waals surface area contributed by atoms with E-state index >= 15 is 0 Å². The molecule has 0 aromatic heterocycles. The second kappa shape index (κ2) is 7.30. The number of halogens is 2. The summed E-state index contributed by atoms with van der Waals surface area (Å²) < 4.78 is 12.8. The zero-order valence-corrected chi connectivity index (χ0v) is 13.2. The normalized spacial score (nSPS) is 11.5. The molecule has 1 unspecified atom stereocenters. The fraction of sp³-hybridized carbons (Fsp3) is 0.125. The third kappa shape index (κ3) is 4.23. The summed E-state index contributed by atoms with van der Waals surface area (Å²) in [4.78, 5) is 12.9. The Bertz CT molecular complexity index is 728. The van der Waals surface area contributed by atoms with Crippen molar-refractivity contribution in [2.45, 2.75) is 17.1 Å². The molecule has 6 heteroatoms. The quantitative estimate of drug-likeness (QED) is 0.839. The zero-order chi connectivity index (χ0) is 16.1. The average molecular weight is 335 g/mol. The molecule has 0 fully saturated rings. The standard InChI is InChI=1S/C16H12ClFN2OS/c1-10(22-14-6-3-12(18)4-7-14)16(21)20-13-5-2-11(9-19)15(17)8-13/h2-8,10H,1H3,(H,20,21). The Hall–Kier alpha value is -2.03. The van der Waals surface area contributed by atoms with E-state index in [9.17, 15) is 9.18 Å². The van der Waals surface area contributed by atoms with Crippen LogP contribution in [0.4, 0.5) is 10.1 Å². The number of hydrogen-bond acceptors (Lipinski definition) is 3. The van der Waals surface area contributed by atoms with Gasteiger partial charge in [-0.1, -0.05) is 11.6 Å². The van der Waals surface area contributed by atoms with E-state index in [2.05, 4.69) is 5.32 Å². The molecule has 2 rings (SSSR count). The summed E-state index contributed by atoms with van der Waals surface area (Å²) in [5.74, 6) is -0.510. The maximum absolute atomic E-state index is 12.8. The Morgan fingerprint density at radius 1 is 1.32 bits per heavy atom. The van der Waals surface area contributed by atoms with Crippen LogP contribution in [-0.4, -0.2) is 11.2 Å². The molecule has 3 nitrogen and oxygen atoms in total. The van der Waals surface area contributed by atoms with Gasteiger partial charge in [0.2, 0.25) is 5.91 Å².